The van der Waals surface area contributed by atoms with Gasteiger partial charge in [-0.2, -0.15) is 13.2 Å². The Morgan fingerprint density at radius 2 is 2.06 bits per heavy atom. The lowest BCUT2D eigenvalue weighted by Crippen LogP contribution is -2.35. The fraction of sp³-hybridized carbons (Fsp3) is 0.300. The summed E-state index contributed by atoms with van der Waals surface area (Å²) >= 11 is 2.99. The third-order valence-electron chi connectivity index (χ3n) is 1.99. The summed E-state index contributed by atoms with van der Waals surface area (Å²) in [6.45, 7) is -1.19. The van der Waals surface area contributed by atoms with E-state index in [2.05, 4.69) is 20.7 Å². The lowest BCUT2D eigenvalue weighted by atomic mass is 10.1. The van der Waals surface area contributed by atoms with Crippen molar-refractivity contribution in [2.24, 2.45) is 5.92 Å². The number of rotatable bonds is 4. The Hall–Kier alpha value is -1.31. The Labute approximate surface area is 107 Å². The van der Waals surface area contributed by atoms with Gasteiger partial charge in [-0.3, -0.25) is 4.79 Å². The maximum absolute atomic E-state index is 13.1. The third-order valence-corrected chi connectivity index (χ3v) is 2.49. The molecule has 0 radical (unpaired) electrons. The van der Waals surface area contributed by atoms with Crippen LogP contribution in [0.3, 0.4) is 0 Å². The van der Waals surface area contributed by atoms with Gasteiger partial charge in [-0.15, -0.1) is 0 Å². The Kier molecular flexibility index (Phi) is 4.55. The molecule has 1 unspecified atom stereocenters. The molecule has 0 heterocycles. The maximum atomic E-state index is 13.1. The van der Waals surface area contributed by atoms with Crippen molar-refractivity contribution in [2.45, 2.75) is 6.18 Å². The second kappa shape index (κ2) is 5.55. The van der Waals surface area contributed by atoms with Crippen molar-refractivity contribution in [1.29, 1.82) is 0 Å². The average Bonchev–Trinajstić information content (AvgIpc) is 2.20. The summed E-state index contributed by atoms with van der Waals surface area (Å²) < 4.78 is 55.0. The molecule has 0 fully saturated rings. The standard InChI is InChI=1S/C10H7BrF4O3/c11-5-1-2-7(12)8(3-5)18-4-6(9(16)17)10(13,14)15/h1-3,6H,4H2,(H,16,17). The highest BCUT2D eigenvalue weighted by molar-refractivity contribution is 9.10. The van der Waals surface area contributed by atoms with Gasteiger partial charge in [-0.05, 0) is 18.2 Å². The first-order valence-corrected chi connectivity index (χ1v) is 5.38. The lowest BCUT2D eigenvalue weighted by Gasteiger charge is -2.16. The summed E-state index contributed by atoms with van der Waals surface area (Å²) in [5, 5.41) is 8.41. The van der Waals surface area contributed by atoms with Gasteiger partial charge >= 0.3 is 12.1 Å². The van der Waals surface area contributed by atoms with Crippen LogP contribution in [0.25, 0.3) is 0 Å². The van der Waals surface area contributed by atoms with Gasteiger partial charge in [0.1, 0.15) is 6.61 Å². The van der Waals surface area contributed by atoms with Crippen LogP contribution in [0.1, 0.15) is 0 Å². The van der Waals surface area contributed by atoms with Crippen molar-refractivity contribution in [3.8, 4) is 5.75 Å². The first kappa shape index (κ1) is 14.7. The summed E-state index contributed by atoms with van der Waals surface area (Å²) in [6, 6.07) is 3.44. The fourth-order valence-electron chi connectivity index (χ4n) is 1.07. The summed E-state index contributed by atoms with van der Waals surface area (Å²) in [7, 11) is 0. The van der Waals surface area contributed by atoms with E-state index in [-0.39, 0.29) is 0 Å². The van der Waals surface area contributed by atoms with Gasteiger partial charge in [0.25, 0.3) is 0 Å². The molecule has 0 amide bonds. The van der Waals surface area contributed by atoms with Gasteiger partial charge in [0.15, 0.2) is 17.5 Å². The van der Waals surface area contributed by atoms with Crippen molar-refractivity contribution in [3.63, 3.8) is 0 Å². The van der Waals surface area contributed by atoms with Crippen LogP contribution in [0, 0.1) is 11.7 Å². The van der Waals surface area contributed by atoms with E-state index in [1.807, 2.05) is 0 Å². The second-order valence-corrected chi connectivity index (χ2v) is 4.23. The van der Waals surface area contributed by atoms with E-state index in [0.717, 1.165) is 12.1 Å². The van der Waals surface area contributed by atoms with Gasteiger partial charge in [-0.25, -0.2) is 4.39 Å². The molecule has 0 saturated heterocycles. The molecule has 0 saturated carbocycles. The van der Waals surface area contributed by atoms with Crippen molar-refractivity contribution in [1.82, 2.24) is 0 Å². The van der Waals surface area contributed by atoms with Crippen LogP contribution >= 0.6 is 15.9 Å². The molecule has 1 rings (SSSR count). The maximum Gasteiger partial charge on any atom is 0.405 e. The largest absolute Gasteiger partial charge is 0.489 e. The van der Waals surface area contributed by atoms with Crippen LogP contribution in [0.2, 0.25) is 0 Å². The van der Waals surface area contributed by atoms with Crippen LogP contribution in [0.15, 0.2) is 22.7 Å². The molecule has 1 atom stereocenters. The number of alkyl halides is 3. The van der Waals surface area contributed by atoms with Gasteiger partial charge in [0, 0.05) is 4.47 Å². The monoisotopic (exact) mass is 330 g/mol. The Balaban J connectivity index is 2.79. The zero-order chi connectivity index (χ0) is 13.9. The number of halogens is 5. The Morgan fingerprint density at radius 3 is 2.56 bits per heavy atom. The number of carboxylic acid groups (broad SMARTS) is 1. The highest BCUT2D eigenvalue weighted by Gasteiger charge is 2.45. The van der Waals surface area contributed by atoms with Crippen molar-refractivity contribution >= 4 is 21.9 Å². The molecule has 8 heteroatoms. The minimum absolute atomic E-state index is 0.401. The molecule has 0 aliphatic heterocycles. The molecule has 100 valence electrons. The minimum atomic E-state index is -4.95. The highest BCUT2D eigenvalue weighted by Crippen LogP contribution is 2.28. The molecule has 3 nitrogen and oxygen atoms in total. The predicted octanol–water partition coefficient (Wildman–Crippen LogP) is 3.23. The number of carbonyl (C=O) groups is 1. The van der Waals surface area contributed by atoms with Gasteiger partial charge in [0.05, 0.1) is 0 Å². The predicted molar refractivity (Wildman–Crippen MR) is 56.8 cm³/mol. The first-order chi connectivity index (χ1) is 8.21. The molecule has 1 aromatic carbocycles. The number of hydrogen-bond donors (Lipinski definition) is 1. The summed E-state index contributed by atoms with van der Waals surface area (Å²) in [5.41, 5.74) is 0. The molecule has 0 aromatic heterocycles. The lowest BCUT2D eigenvalue weighted by molar-refractivity contribution is -0.198. The normalized spacial score (nSPS) is 13.2. The molecule has 0 bridgehead atoms. The van der Waals surface area contributed by atoms with Gasteiger partial charge in [0.2, 0.25) is 0 Å². The third kappa shape index (κ3) is 3.86. The van der Waals surface area contributed by atoms with Crippen molar-refractivity contribution < 1.29 is 32.2 Å². The van der Waals surface area contributed by atoms with E-state index in [1.165, 1.54) is 6.07 Å². The first-order valence-electron chi connectivity index (χ1n) is 4.59. The molecule has 0 spiro atoms. The summed E-state index contributed by atoms with van der Waals surface area (Å²) in [6.07, 6.45) is -4.95. The molecule has 0 aliphatic carbocycles. The van der Waals surface area contributed by atoms with Crippen LogP contribution in [0.5, 0.6) is 5.75 Å². The molecule has 18 heavy (non-hydrogen) atoms. The zero-order valence-electron chi connectivity index (χ0n) is 8.67. The molecular formula is C10H7BrF4O3. The van der Waals surface area contributed by atoms with Crippen LogP contribution in [0.4, 0.5) is 17.6 Å². The average molecular weight is 331 g/mol. The van der Waals surface area contributed by atoms with Crippen molar-refractivity contribution in [2.75, 3.05) is 6.61 Å². The Bertz CT molecular complexity index is 447. The number of hydrogen-bond acceptors (Lipinski definition) is 2. The van der Waals surface area contributed by atoms with E-state index in [9.17, 15) is 22.4 Å². The topological polar surface area (TPSA) is 46.5 Å². The van der Waals surface area contributed by atoms with Crippen LogP contribution < -0.4 is 4.74 Å². The molecular weight excluding hydrogens is 324 g/mol. The second-order valence-electron chi connectivity index (χ2n) is 3.32. The number of aliphatic carboxylic acids is 1. The van der Waals surface area contributed by atoms with Gasteiger partial charge < -0.3 is 9.84 Å². The van der Waals surface area contributed by atoms with Gasteiger partial charge in [-0.1, -0.05) is 15.9 Å². The minimum Gasteiger partial charge on any atom is -0.489 e. The zero-order valence-corrected chi connectivity index (χ0v) is 10.3. The van der Waals surface area contributed by atoms with E-state index >= 15 is 0 Å². The number of benzene rings is 1. The Morgan fingerprint density at radius 1 is 1.44 bits per heavy atom. The SMILES string of the molecule is O=C(O)C(COc1cc(Br)ccc1F)C(F)(F)F. The summed E-state index contributed by atoms with van der Waals surface area (Å²) in [5.74, 6) is -6.09. The van der Waals surface area contributed by atoms with E-state index in [1.54, 1.807) is 0 Å². The van der Waals surface area contributed by atoms with Crippen LogP contribution in [-0.2, 0) is 4.79 Å². The van der Waals surface area contributed by atoms with Crippen molar-refractivity contribution in [3.05, 3.63) is 28.5 Å². The quantitative estimate of drug-likeness (QED) is 0.862. The number of carboxylic acids is 1. The van der Waals surface area contributed by atoms with E-state index < -0.39 is 36.2 Å². The molecule has 1 N–H and O–H groups in total. The molecule has 0 aliphatic rings. The smallest absolute Gasteiger partial charge is 0.405 e. The summed E-state index contributed by atoms with van der Waals surface area (Å²) in [4.78, 5) is 10.4. The van der Waals surface area contributed by atoms with Crippen LogP contribution in [-0.4, -0.2) is 23.9 Å². The number of ether oxygens (including phenoxy) is 1. The molecule has 1 aromatic rings. The van der Waals surface area contributed by atoms with E-state index in [0.29, 0.717) is 4.47 Å². The highest BCUT2D eigenvalue weighted by atomic mass is 79.9. The van der Waals surface area contributed by atoms with E-state index in [4.69, 9.17) is 5.11 Å². The fourth-order valence-corrected chi connectivity index (χ4v) is 1.41.